The predicted molar refractivity (Wildman–Crippen MR) is 240 cm³/mol. The molecule has 3 heterocycles. The normalized spacial score (nSPS) is 12.2. The van der Waals surface area contributed by atoms with Crippen LogP contribution in [0.5, 0.6) is 0 Å². The fourth-order valence-electron chi connectivity index (χ4n) is 9.40. The van der Waals surface area contributed by atoms with Crippen molar-refractivity contribution in [3.63, 3.8) is 0 Å². The van der Waals surface area contributed by atoms with Crippen molar-refractivity contribution in [1.29, 1.82) is 0 Å². The fourth-order valence-corrected chi connectivity index (χ4v) is 9.40. The molecule has 0 amide bonds. The lowest BCUT2D eigenvalue weighted by atomic mass is 9.88. The van der Waals surface area contributed by atoms with Gasteiger partial charge < -0.3 is 14.0 Å². The Morgan fingerprint density at radius 2 is 0.860 bits per heavy atom. The molecule has 0 bridgehead atoms. The first-order valence-corrected chi connectivity index (χ1v) is 19.6. The molecule has 0 aliphatic carbocycles. The Bertz CT molecular complexity index is 3300. The summed E-state index contributed by atoms with van der Waals surface area (Å²) < 4.78 is 4.95. The molecule has 1 aliphatic rings. The first kappa shape index (κ1) is 31.7. The van der Waals surface area contributed by atoms with Gasteiger partial charge in [-0.2, -0.15) is 0 Å². The van der Waals surface area contributed by atoms with Gasteiger partial charge in [0.2, 0.25) is 0 Å². The van der Waals surface area contributed by atoms with Crippen LogP contribution < -0.4 is 4.90 Å². The zero-order valence-electron chi connectivity index (χ0n) is 31.0. The maximum absolute atomic E-state index is 2.52. The molecular weight excluding hydrogens is 691 g/mol. The second kappa shape index (κ2) is 12.5. The SMILES string of the molecule is c1ccc(-c2ccc3c(c2)-c2cccc4c5cc(-n6c7ccccc7c7ccccc76)ccc5n(c24)-c2ccccc2N(c2ccccc2)c2ccccc2-3)cc1. The Kier molecular flexibility index (Phi) is 6.93. The van der Waals surface area contributed by atoms with Crippen molar-refractivity contribution in [2.45, 2.75) is 0 Å². The Hall–Kier alpha value is -7.62. The third-order valence-corrected chi connectivity index (χ3v) is 11.8. The van der Waals surface area contributed by atoms with Crippen LogP contribution in [-0.2, 0) is 0 Å². The fraction of sp³-hybridized carbons (Fsp3) is 0. The lowest BCUT2D eigenvalue weighted by Gasteiger charge is -2.31. The van der Waals surface area contributed by atoms with Crippen molar-refractivity contribution in [3.8, 4) is 44.8 Å². The topological polar surface area (TPSA) is 13.1 Å². The van der Waals surface area contributed by atoms with Crippen LogP contribution in [0.2, 0.25) is 0 Å². The van der Waals surface area contributed by atoms with Crippen molar-refractivity contribution in [2.24, 2.45) is 0 Å². The predicted octanol–water partition coefficient (Wildman–Crippen LogP) is 14.7. The van der Waals surface area contributed by atoms with Crippen LogP contribution in [0.25, 0.3) is 88.4 Å². The maximum Gasteiger partial charge on any atom is 0.0703 e. The van der Waals surface area contributed by atoms with Gasteiger partial charge in [0.25, 0.3) is 0 Å². The van der Waals surface area contributed by atoms with E-state index in [9.17, 15) is 0 Å². The van der Waals surface area contributed by atoms with Gasteiger partial charge in [-0.15, -0.1) is 0 Å². The van der Waals surface area contributed by atoms with E-state index in [2.05, 4.69) is 226 Å². The van der Waals surface area contributed by atoms with E-state index in [1.165, 1.54) is 71.5 Å². The van der Waals surface area contributed by atoms with Gasteiger partial charge in [-0.25, -0.2) is 0 Å². The van der Waals surface area contributed by atoms with Gasteiger partial charge in [0, 0.05) is 44.0 Å². The largest absolute Gasteiger partial charge is 0.309 e. The zero-order valence-corrected chi connectivity index (χ0v) is 31.0. The highest BCUT2D eigenvalue weighted by Crippen LogP contribution is 2.50. The van der Waals surface area contributed by atoms with E-state index in [-0.39, 0.29) is 0 Å². The minimum Gasteiger partial charge on any atom is -0.309 e. The van der Waals surface area contributed by atoms with Crippen molar-refractivity contribution < 1.29 is 0 Å². The van der Waals surface area contributed by atoms with Gasteiger partial charge in [-0.05, 0) is 89.0 Å². The third kappa shape index (κ3) is 4.73. The van der Waals surface area contributed by atoms with E-state index in [0.717, 1.165) is 34.0 Å². The van der Waals surface area contributed by atoms with Crippen molar-refractivity contribution in [2.75, 3.05) is 4.90 Å². The van der Waals surface area contributed by atoms with Gasteiger partial charge in [0.1, 0.15) is 0 Å². The van der Waals surface area contributed by atoms with Gasteiger partial charge in [0.05, 0.1) is 39.1 Å². The quantitative estimate of drug-likeness (QED) is 0.177. The van der Waals surface area contributed by atoms with Gasteiger partial charge in [0.15, 0.2) is 0 Å². The number of hydrogen-bond donors (Lipinski definition) is 0. The number of hydrogen-bond acceptors (Lipinski definition) is 1. The number of fused-ring (bicyclic) bond motifs is 12. The minimum atomic E-state index is 1.11. The molecule has 0 fully saturated rings. The van der Waals surface area contributed by atoms with E-state index in [4.69, 9.17) is 0 Å². The van der Waals surface area contributed by atoms with E-state index in [1.807, 2.05) is 0 Å². The molecular formula is C54H35N3. The average Bonchev–Trinajstić information content (AvgIpc) is 3.80. The summed E-state index contributed by atoms with van der Waals surface area (Å²) in [5.74, 6) is 0. The highest BCUT2D eigenvalue weighted by molar-refractivity contribution is 6.17. The molecule has 0 saturated heterocycles. The Morgan fingerprint density at radius 3 is 1.63 bits per heavy atom. The zero-order chi connectivity index (χ0) is 37.5. The molecule has 0 unspecified atom stereocenters. The maximum atomic E-state index is 2.52. The third-order valence-electron chi connectivity index (χ3n) is 11.8. The standard InChI is InChI=1S/C54H35N3/c1-3-16-36(17-4-1)37-30-32-40-41-20-7-10-25-48(41)55(38-18-5-2-6-19-38)52-28-13-14-29-53(52)57-51-33-31-39(35-47(51)45-24-15-23-44(54(45)57)46(40)34-37)56-49-26-11-8-21-42(49)43-22-9-12-27-50(43)56/h1-35H. The molecule has 1 aliphatic heterocycles. The number of nitrogens with zero attached hydrogens (tertiary/aromatic N) is 3. The number of benzene rings is 9. The summed E-state index contributed by atoms with van der Waals surface area (Å²) in [7, 11) is 0. The van der Waals surface area contributed by atoms with E-state index < -0.39 is 0 Å². The molecule has 12 rings (SSSR count). The average molecular weight is 726 g/mol. The van der Waals surface area contributed by atoms with Crippen molar-refractivity contribution >= 4 is 60.7 Å². The van der Waals surface area contributed by atoms with Crippen LogP contribution in [0.4, 0.5) is 17.1 Å². The smallest absolute Gasteiger partial charge is 0.0703 e. The molecule has 2 aromatic heterocycles. The summed E-state index contributed by atoms with van der Waals surface area (Å²) in [4.78, 5) is 2.44. The number of rotatable bonds is 3. The monoisotopic (exact) mass is 725 g/mol. The van der Waals surface area contributed by atoms with Crippen LogP contribution >= 0.6 is 0 Å². The second-order valence-electron chi connectivity index (χ2n) is 14.9. The highest BCUT2D eigenvalue weighted by atomic mass is 15.2. The molecule has 266 valence electrons. The lowest BCUT2D eigenvalue weighted by molar-refractivity contribution is 1.14. The van der Waals surface area contributed by atoms with Gasteiger partial charge in [-0.3, -0.25) is 0 Å². The summed E-state index contributed by atoms with van der Waals surface area (Å²) in [6.07, 6.45) is 0. The van der Waals surface area contributed by atoms with Crippen LogP contribution in [0.1, 0.15) is 0 Å². The minimum absolute atomic E-state index is 1.11. The molecule has 0 spiro atoms. The molecule has 0 radical (unpaired) electrons. The van der Waals surface area contributed by atoms with Gasteiger partial charge in [-0.1, -0.05) is 146 Å². The lowest BCUT2D eigenvalue weighted by Crippen LogP contribution is -2.15. The van der Waals surface area contributed by atoms with Crippen molar-refractivity contribution in [3.05, 3.63) is 212 Å². The summed E-state index contributed by atoms with van der Waals surface area (Å²) in [5.41, 5.74) is 17.6. The van der Waals surface area contributed by atoms with Crippen LogP contribution in [0.15, 0.2) is 212 Å². The number of aromatic nitrogens is 2. The molecule has 0 saturated carbocycles. The Balaban J connectivity index is 1.24. The number of para-hydroxylation sites is 7. The molecule has 11 aromatic rings. The first-order chi connectivity index (χ1) is 28.3. The van der Waals surface area contributed by atoms with Gasteiger partial charge >= 0.3 is 0 Å². The Labute approximate surface area is 330 Å². The molecule has 9 aromatic carbocycles. The van der Waals surface area contributed by atoms with Crippen LogP contribution in [0, 0.1) is 0 Å². The molecule has 57 heavy (non-hydrogen) atoms. The highest BCUT2D eigenvalue weighted by Gasteiger charge is 2.27. The van der Waals surface area contributed by atoms with E-state index in [0.29, 0.717) is 0 Å². The first-order valence-electron chi connectivity index (χ1n) is 19.6. The second-order valence-corrected chi connectivity index (χ2v) is 14.9. The van der Waals surface area contributed by atoms with Crippen LogP contribution in [0.3, 0.4) is 0 Å². The summed E-state index contributed by atoms with van der Waals surface area (Å²) in [5, 5.41) is 4.95. The summed E-state index contributed by atoms with van der Waals surface area (Å²) in [6, 6.07) is 77.8. The summed E-state index contributed by atoms with van der Waals surface area (Å²) in [6.45, 7) is 0. The Morgan fingerprint density at radius 1 is 0.263 bits per heavy atom. The van der Waals surface area contributed by atoms with Crippen LogP contribution in [-0.4, -0.2) is 9.13 Å². The summed E-state index contributed by atoms with van der Waals surface area (Å²) >= 11 is 0. The molecule has 3 nitrogen and oxygen atoms in total. The van der Waals surface area contributed by atoms with E-state index >= 15 is 0 Å². The molecule has 0 N–H and O–H groups in total. The molecule has 0 atom stereocenters. The van der Waals surface area contributed by atoms with E-state index in [1.54, 1.807) is 0 Å². The molecule has 3 heteroatoms. The number of anilines is 3. The van der Waals surface area contributed by atoms with Crippen molar-refractivity contribution in [1.82, 2.24) is 9.13 Å².